The van der Waals surface area contributed by atoms with Crippen molar-refractivity contribution in [1.82, 2.24) is 0 Å². The molecule has 0 radical (unpaired) electrons. The third-order valence-electron chi connectivity index (χ3n) is 19.6. The summed E-state index contributed by atoms with van der Waals surface area (Å²) in [7, 11) is -9.92. The fourth-order valence-electron chi connectivity index (χ4n) is 12.4. The van der Waals surface area contributed by atoms with Crippen molar-refractivity contribution in [2.24, 2.45) is 17.8 Å². The number of hydrogen-bond donors (Lipinski definition) is 3. The number of esters is 4. The summed E-state index contributed by atoms with van der Waals surface area (Å²) in [5.74, 6) is 0.351. The van der Waals surface area contributed by atoms with Crippen molar-refractivity contribution in [3.05, 3.63) is 0 Å². The molecule has 0 amide bonds. The second kappa shape index (κ2) is 71.3. The van der Waals surface area contributed by atoms with Crippen molar-refractivity contribution >= 4 is 39.5 Å². The fraction of sp³-hybridized carbons (Fsp3) is 0.951. The highest BCUT2D eigenvalue weighted by molar-refractivity contribution is 7.47. The molecule has 0 aliphatic rings. The van der Waals surface area contributed by atoms with Crippen molar-refractivity contribution < 1.29 is 80.2 Å². The highest BCUT2D eigenvalue weighted by atomic mass is 31.2. The summed E-state index contributed by atoms with van der Waals surface area (Å²) >= 11 is 0. The third kappa shape index (κ3) is 71.7. The largest absolute Gasteiger partial charge is 0.472 e. The van der Waals surface area contributed by atoms with Gasteiger partial charge < -0.3 is 33.8 Å². The molecule has 0 bridgehead atoms. The first-order valence-corrected chi connectivity index (χ1v) is 44.9. The highest BCUT2D eigenvalue weighted by Gasteiger charge is 2.30. The van der Waals surface area contributed by atoms with Crippen LogP contribution < -0.4 is 0 Å². The number of carbonyl (C=O) groups is 4. The molecule has 0 aromatic rings. The quantitative estimate of drug-likeness (QED) is 0.0222. The molecule has 0 aliphatic carbocycles. The van der Waals surface area contributed by atoms with Gasteiger partial charge in [-0.1, -0.05) is 370 Å². The Hall–Kier alpha value is -1.94. The summed E-state index contributed by atoms with van der Waals surface area (Å²) in [6, 6.07) is 0. The summed E-state index contributed by atoms with van der Waals surface area (Å²) in [4.78, 5) is 73.0. The molecule has 0 aromatic heterocycles. The zero-order valence-corrected chi connectivity index (χ0v) is 67.5. The summed E-state index contributed by atoms with van der Waals surface area (Å²) in [5, 5.41) is 10.6. The van der Waals surface area contributed by atoms with Gasteiger partial charge in [-0.2, -0.15) is 0 Å². The van der Waals surface area contributed by atoms with E-state index < -0.39 is 97.5 Å². The predicted molar refractivity (Wildman–Crippen MR) is 409 cm³/mol. The lowest BCUT2D eigenvalue weighted by atomic mass is 9.99. The standard InChI is InChI=1S/C81H158O17P2/c1-8-11-12-13-14-31-41-48-55-62-78(83)91-68-76(98-81(86)65-58-51-44-37-30-29-34-40-47-54-61-74(7)10-3)70-95-99(87,88)93-66-75(82)67-94-100(89,90)96-71-77(69-92-79(84)63-56-49-42-35-27-23-20-19-22-26-33-39-46-53-60-73(6)9-2)97-80(85)64-57-50-43-36-28-24-18-16-15-17-21-25-32-38-45-52-59-72(4)5/h72-77,82H,8-71H2,1-7H3,(H,87,88)(H,89,90)/t73?,74?,75-,76+,77+/m0/s1. The number of rotatable bonds is 79. The number of aliphatic hydroxyl groups is 1. The molecule has 19 heteroatoms. The van der Waals surface area contributed by atoms with Crippen LogP contribution >= 0.6 is 15.6 Å². The lowest BCUT2D eigenvalue weighted by molar-refractivity contribution is -0.161. The number of ether oxygens (including phenoxy) is 4. The monoisotopic (exact) mass is 1470 g/mol. The molecule has 3 N–H and O–H groups in total. The van der Waals surface area contributed by atoms with Gasteiger partial charge in [0.15, 0.2) is 12.2 Å². The Balaban J connectivity index is 5.23. The number of phosphoric acid groups is 2. The van der Waals surface area contributed by atoms with Gasteiger partial charge in [0.25, 0.3) is 0 Å². The maximum atomic E-state index is 13.1. The van der Waals surface area contributed by atoms with Crippen LogP contribution in [0.2, 0.25) is 0 Å². The molecule has 4 unspecified atom stereocenters. The van der Waals surface area contributed by atoms with E-state index in [2.05, 4.69) is 48.5 Å². The van der Waals surface area contributed by atoms with E-state index in [1.807, 2.05) is 0 Å². The van der Waals surface area contributed by atoms with Gasteiger partial charge in [0.1, 0.15) is 19.3 Å². The van der Waals surface area contributed by atoms with Crippen molar-refractivity contribution in [2.75, 3.05) is 39.6 Å². The number of carbonyl (C=O) groups excluding carboxylic acids is 4. The predicted octanol–water partition coefficient (Wildman–Crippen LogP) is 24.1. The van der Waals surface area contributed by atoms with Crippen LogP contribution in [0.25, 0.3) is 0 Å². The maximum absolute atomic E-state index is 13.1. The fourth-order valence-corrected chi connectivity index (χ4v) is 14.0. The number of phosphoric ester groups is 2. The first kappa shape index (κ1) is 98.1. The minimum absolute atomic E-state index is 0.106. The van der Waals surface area contributed by atoms with E-state index in [0.717, 1.165) is 108 Å². The molecular weight excluding hydrogens is 1310 g/mol. The summed E-state index contributed by atoms with van der Waals surface area (Å²) < 4.78 is 68.7. The third-order valence-corrected chi connectivity index (χ3v) is 21.5. The molecule has 17 nitrogen and oxygen atoms in total. The van der Waals surface area contributed by atoms with Crippen molar-refractivity contribution in [3.8, 4) is 0 Å². The van der Waals surface area contributed by atoms with Crippen LogP contribution in [0.5, 0.6) is 0 Å². The van der Waals surface area contributed by atoms with Crippen molar-refractivity contribution in [1.29, 1.82) is 0 Å². The van der Waals surface area contributed by atoms with E-state index in [4.69, 9.17) is 37.0 Å². The van der Waals surface area contributed by atoms with Crippen LogP contribution in [0.3, 0.4) is 0 Å². The first-order chi connectivity index (χ1) is 48.3. The number of aliphatic hydroxyl groups excluding tert-OH is 1. The number of hydrogen-bond acceptors (Lipinski definition) is 15. The molecule has 100 heavy (non-hydrogen) atoms. The van der Waals surface area contributed by atoms with E-state index in [1.54, 1.807) is 0 Å². The van der Waals surface area contributed by atoms with E-state index in [9.17, 15) is 43.2 Å². The highest BCUT2D eigenvalue weighted by Crippen LogP contribution is 2.45. The zero-order chi connectivity index (χ0) is 73.7. The Kier molecular flexibility index (Phi) is 69.9. The topological polar surface area (TPSA) is 237 Å². The summed E-state index contributed by atoms with van der Waals surface area (Å²) in [6.45, 7) is 12.0. The van der Waals surface area contributed by atoms with Crippen LogP contribution in [0.4, 0.5) is 0 Å². The van der Waals surface area contributed by atoms with E-state index >= 15 is 0 Å². The molecule has 0 fully saturated rings. The maximum Gasteiger partial charge on any atom is 0.472 e. The molecular formula is C81H158O17P2. The molecule has 594 valence electrons. The van der Waals surface area contributed by atoms with Crippen LogP contribution in [0.1, 0.15) is 421 Å². The molecule has 0 rings (SSSR count). The molecule has 0 spiro atoms. The zero-order valence-electron chi connectivity index (χ0n) is 65.7. The van der Waals surface area contributed by atoms with Gasteiger partial charge in [0, 0.05) is 25.7 Å². The molecule has 7 atom stereocenters. The SMILES string of the molecule is CCCCCCCCCCCC(=O)OC[C@H](COP(=O)(O)OC[C@H](O)COP(=O)(O)OC[C@@H](COC(=O)CCCCCCCCCCCCCCCCC(C)CC)OC(=O)CCCCCCCCCCCCCCCCCCC(C)C)OC(=O)CCCCCCCCCCCCC(C)CC. The Morgan fingerprint density at radius 1 is 0.290 bits per heavy atom. The Morgan fingerprint density at radius 2 is 0.510 bits per heavy atom. The lowest BCUT2D eigenvalue weighted by Crippen LogP contribution is -2.30. The summed E-state index contributed by atoms with van der Waals surface area (Å²) in [5.41, 5.74) is 0. The molecule has 0 aliphatic heterocycles. The van der Waals surface area contributed by atoms with Crippen LogP contribution in [-0.2, 0) is 65.4 Å². The minimum Gasteiger partial charge on any atom is -0.462 e. The van der Waals surface area contributed by atoms with Gasteiger partial charge in [0.2, 0.25) is 0 Å². The van der Waals surface area contributed by atoms with Crippen LogP contribution in [0, 0.1) is 17.8 Å². The van der Waals surface area contributed by atoms with Crippen molar-refractivity contribution in [3.63, 3.8) is 0 Å². The van der Waals surface area contributed by atoms with Gasteiger partial charge in [-0.25, -0.2) is 9.13 Å². The van der Waals surface area contributed by atoms with Gasteiger partial charge in [-0.3, -0.25) is 37.3 Å². The number of unbranched alkanes of at least 4 members (excludes halogenated alkanes) is 45. The second-order valence-electron chi connectivity index (χ2n) is 30.1. The van der Waals surface area contributed by atoms with Gasteiger partial charge in [0.05, 0.1) is 26.4 Å². The van der Waals surface area contributed by atoms with E-state index in [1.165, 1.54) is 231 Å². The molecule has 0 saturated carbocycles. The van der Waals surface area contributed by atoms with E-state index in [-0.39, 0.29) is 25.7 Å². The van der Waals surface area contributed by atoms with Gasteiger partial charge in [-0.15, -0.1) is 0 Å². The molecule has 0 heterocycles. The lowest BCUT2D eigenvalue weighted by Gasteiger charge is -2.21. The van der Waals surface area contributed by atoms with E-state index in [0.29, 0.717) is 25.7 Å². The minimum atomic E-state index is -4.96. The van der Waals surface area contributed by atoms with Gasteiger partial charge in [-0.05, 0) is 43.4 Å². The second-order valence-corrected chi connectivity index (χ2v) is 33.0. The average Bonchev–Trinajstić information content (AvgIpc) is 0.914. The van der Waals surface area contributed by atoms with Gasteiger partial charge >= 0.3 is 39.5 Å². The smallest absolute Gasteiger partial charge is 0.462 e. The average molecular weight is 1470 g/mol. The Bertz CT molecular complexity index is 1940. The normalized spacial score (nSPS) is 14.5. The summed E-state index contributed by atoms with van der Waals surface area (Å²) in [6.07, 6.45) is 59.5. The van der Waals surface area contributed by atoms with Crippen LogP contribution in [-0.4, -0.2) is 96.7 Å². The van der Waals surface area contributed by atoms with Crippen LogP contribution in [0.15, 0.2) is 0 Å². The van der Waals surface area contributed by atoms with Crippen molar-refractivity contribution in [2.45, 2.75) is 439 Å². The Labute approximate surface area is 613 Å². The Morgan fingerprint density at radius 3 is 0.760 bits per heavy atom. The molecule has 0 aromatic carbocycles. The first-order valence-electron chi connectivity index (χ1n) is 41.9. The molecule has 0 saturated heterocycles.